The Labute approximate surface area is 114 Å². The van der Waals surface area contributed by atoms with Crippen molar-refractivity contribution < 1.29 is 4.74 Å². The van der Waals surface area contributed by atoms with Crippen LogP contribution in [0, 0.1) is 11.3 Å². The lowest BCUT2D eigenvalue weighted by atomic mass is 10.2. The number of rotatable bonds is 3. The van der Waals surface area contributed by atoms with E-state index in [-0.39, 0.29) is 0 Å². The topological polar surface area (TPSA) is 45.0 Å². The van der Waals surface area contributed by atoms with Crippen molar-refractivity contribution in [3.63, 3.8) is 0 Å². The predicted octanol–water partition coefficient (Wildman–Crippen LogP) is 4.07. The molecule has 2 rings (SSSR count). The minimum absolute atomic E-state index is 0.611. The normalized spacial score (nSPS) is 9.61. The molecular formula is C14H11BrN2O. The van der Waals surface area contributed by atoms with Crippen molar-refractivity contribution in [3.8, 4) is 11.8 Å². The van der Waals surface area contributed by atoms with Gasteiger partial charge in [0.15, 0.2) is 0 Å². The molecule has 1 N–H and O–H groups in total. The first-order chi connectivity index (χ1) is 8.74. The molecule has 2 aromatic carbocycles. The molecule has 0 saturated heterocycles. The maximum Gasteiger partial charge on any atom is 0.135 e. The maximum atomic E-state index is 9.02. The van der Waals surface area contributed by atoms with Gasteiger partial charge in [0.2, 0.25) is 0 Å². The van der Waals surface area contributed by atoms with E-state index in [0.717, 1.165) is 21.6 Å². The van der Waals surface area contributed by atoms with E-state index >= 15 is 0 Å². The number of nitriles is 1. The fraction of sp³-hybridized carbons (Fsp3) is 0.0714. The third kappa shape index (κ3) is 2.63. The number of halogens is 1. The number of ether oxygens (including phenoxy) is 1. The van der Waals surface area contributed by atoms with Crippen LogP contribution in [0.25, 0.3) is 0 Å². The predicted molar refractivity (Wildman–Crippen MR) is 75.1 cm³/mol. The molecule has 0 aliphatic carbocycles. The Kier molecular flexibility index (Phi) is 3.85. The summed E-state index contributed by atoms with van der Waals surface area (Å²) in [5, 5.41) is 12.2. The third-order valence-corrected chi connectivity index (χ3v) is 3.13. The van der Waals surface area contributed by atoms with Crippen molar-refractivity contribution in [2.24, 2.45) is 0 Å². The molecule has 0 amide bonds. The van der Waals surface area contributed by atoms with Gasteiger partial charge in [-0.2, -0.15) is 5.26 Å². The first kappa shape index (κ1) is 12.5. The smallest absolute Gasteiger partial charge is 0.135 e. The first-order valence-electron chi connectivity index (χ1n) is 5.34. The molecule has 0 aliphatic heterocycles. The molecule has 18 heavy (non-hydrogen) atoms. The van der Waals surface area contributed by atoms with Gasteiger partial charge in [-0.25, -0.2) is 0 Å². The van der Waals surface area contributed by atoms with E-state index in [9.17, 15) is 0 Å². The average molecular weight is 303 g/mol. The summed E-state index contributed by atoms with van der Waals surface area (Å²) in [5.41, 5.74) is 2.27. The summed E-state index contributed by atoms with van der Waals surface area (Å²) in [6.07, 6.45) is 0. The second-order valence-electron chi connectivity index (χ2n) is 3.63. The number of nitrogens with one attached hydrogen (secondary N) is 1. The summed E-state index contributed by atoms with van der Waals surface area (Å²) in [5.74, 6) is 0.745. The molecule has 0 saturated carbocycles. The number of para-hydroxylation sites is 1. The third-order valence-electron chi connectivity index (χ3n) is 2.48. The standard InChI is InChI=1S/C14H11BrN2O/c1-18-14-8-11(6-7-12(14)15)17-13-5-3-2-4-10(13)9-16/h2-8,17H,1H3. The molecule has 4 heteroatoms. The Morgan fingerprint density at radius 1 is 1.22 bits per heavy atom. The molecule has 0 fully saturated rings. The zero-order valence-corrected chi connectivity index (χ0v) is 11.4. The Hall–Kier alpha value is -1.99. The maximum absolute atomic E-state index is 9.02. The van der Waals surface area contributed by atoms with Crippen LogP contribution >= 0.6 is 15.9 Å². The molecule has 2 aromatic rings. The van der Waals surface area contributed by atoms with E-state index in [0.29, 0.717) is 5.56 Å². The van der Waals surface area contributed by atoms with Crippen LogP contribution in [0.15, 0.2) is 46.9 Å². The van der Waals surface area contributed by atoms with Crippen LogP contribution in [0.1, 0.15) is 5.56 Å². The summed E-state index contributed by atoms with van der Waals surface area (Å²) in [7, 11) is 1.62. The molecule has 0 aromatic heterocycles. The molecule has 3 nitrogen and oxygen atoms in total. The second kappa shape index (κ2) is 5.56. The summed E-state index contributed by atoms with van der Waals surface area (Å²) < 4.78 is 6.12. The van der Waals surface area contributed by atoms with Gasteiger partial charge in [-0.3, -0.25) is 0 Å². The molecule has 0 radical (unpaired) electrons. The Morgan fingerprint density at radius 3 is 2.72 bits per heavy atom. The van der Waals surface area contributed by atoms with E-state index in [4.69, 9.17) is 10.00 Å². The van der Waals surface area contributed by atoms with Crippen LogP contribution in [0.5, 0.6) is 5.75 Å². The highest BCUT2D eigenvalue weighted by atomic mass is 79.9. The highest BCUT2D eigenvalue weighted by molar-refractivity contribution is 9.10. The van der Waals surface area contributed by atoms with Gasteiger partial charge in [-0.1, -0.05) is 12.1 Å². The van der Waals surface area contributed by atoms with E-state index in [1.54, 1.807) is 13.2 Å². The van der Waals surface area contributed by atoms with E-state index in [2.05, 4.69) is 27.3 Å². The number of nitrogens with zero attached hydrogens (tertiary/aromatic N) is 1. The van der Waals surface area contributed by atoms with Crippen molar-refractivity contribution >= 4 is 27.3 Å². The average Bonchev–Trinajstić information content (AvgIpc) is 2.41. The lowest BCUT2D eigenvalue weighted by Gasteiger charge is -2.10. The van der Waals surface area contributed by atoms with Crippen molar-refractivity contribution in [1.82, 2.24) is 0 Å². The van der Waals surface area contributed by atoms with Crippen molar-refractivity contribution in [2.75, 3.05) is 12.4 Å². The number of hydrogen-bond acceptors (Lipinski definition) is 3. The minimum atomic E-state index is 0.611. The quantitative estimate of drug-likeness (QED) is 0.929. The van der Waals surface area contributed by atoms with Gasteiger partial charge in [-0.15, -0.1) is 0 Å². The Balaban J connectivity index is 2.32. The SMILES string of the molecule is COc1cc(Nc2ccccc2C#N)ccc1Br. The molecule has 90 valence electrons. The van der Waals surface area contributed by atoms with Crippen LogP contribution in [0.2, 0.25) is 0 Å². The zero-order valence-electron chi connectivity index (χ0n) is 9.77. The van der Waals surface area contributed by atoms with Crippen molar-refractivity contribution in [3.05, 3.63) is 52.5 Å². The van der Waals surface area contributed by atoms with Crippen LogP contribution in [0.3, 0.4) is 0 Å². The number of benzene rings is 2. The van der Waals surface area contributed by atoms with Gasteiger partial charge in [0, 0.05) is 11.8 Å². The summed E-state index contributed by atoms with van der Waals surface area (Å²) in [6, 6.07) is 15.2. The van der Waals surface area contributed by atoms with Gasteiger partial charge in [0.1, 0.15) is 11.8 Å². The summed E-state index contributed by atoms with van der Waals surface area (Å²) in [4.78, 5) is 0. The summed E-state index contributed by atoms with van der Waals surface area (Å²) >= 11 is 3.40. The minimum Gasteiger partial charge on any atom is -0.495 e. The van der Waals surface area contributed by atoms with Gasteiger partial charge >= 0.3 is 0 Å². The van der Waals surface area contributed by atoms with Crippen LogP contribution in [-0.2, 0) is 0 Å². The van der Waals surface area contributed by atoms with Crippen molar-refractivity contribution in [2.45, 2.75) is 0 Å². The van der Waals surface area contributed by atoms with Gasteiger partial charge in [0.05, 0.1) is 22.8 Å². The van der Waals surface area contributed by atoms with E-state index in [1.807, 2.05) is 36.4 Å². The zero-order chi connectivity index (χ0) is 13.0. The van der Waals surface area contributed by atoms with E-state index < -0.39 is 0 Å². The fourth-order valence-corrected chi connectivity index (χ4v) is 1.99. The molecule has 0 spiro atoms. The van der Waals surface area contributed by atoms with Gasteiger partial charge in [0.25, 0.3) is 0 Å². The molecule has 0 unspecified atom stereocenters. The highest BCUT2D eigenvalue weighted by Crippen LogP contribution is 2.30. The largest absolute Gasteiger partial charge is 0.495 e. The fourth-order valence-electron chi connectivity index (χ4n) is 1.58. The molecule has 0 aliphatic rings. The van der Waals surface area contributed by atoms with E-state index in [1.165, 1.54) is 0 Å². The van der Waals surface area contributed by atoms with Gasteiger partial charge < -0.3 is 10.1 Å². The van der Waals surface area contributed by atoms with Gasteiger partial charge in [-0.05, 0) is 40.2 Å². The summed E-state index contributed by atoms with van der Waals surface area (Å²) in [6.45, 7) is 0. The molecule has 0 heterocycles. The number of hydrogen-bond donors (Lipinski definition) is 1. The monoisotopic (exact) mass is 302 g/mol. The highest BCUT2D eigenvalue weighted by Gasteiger charge is 2.04. The molecule has 0 bridgehead atoms. The first-order valence-corrected chi connectivity index (χ1v) is 6.13. The lowest BCUT2D eigenvalue weighted by molar-refractivity contribution is 0.412. The van der Waals surface area contributed by atoms with Crippen LogP contribution in [0.4, 0.5) is 11.4 Å². The molecular weight excluding hydrogens is 292 g/mol. The van der Waals surface area contributed by atoms with Crippen molar-refractivity contribution in [1.29, 1.82) is 5.26 Å². The second-order valence-corrected chi connectivity index (χ2v) is 4.49. The Bertz CT molecular complexity index is 605. The number of anilines is 2. The van der Waals surface area contributed by atoms with Crippen LogP contribution < -0.4 is 10.1 Å². The molecule has 0 atom stereocenters. The van der Waals surface area contributed by atoms with Crippen LogP contribution in [-0.4, -0.2) is 7.11 Å². The number of methoxy groups -OCH3 is 1. The lowest BCUT2D eigenvalue weighted by Crippen LogP contribution is -1.94. The Morgan fingerprint density at radius 2 is 2.00 bits per heavy atom.